The van der Waals surface area contributed by atoms with Crippen molar-refractivity contribution in [2.45, 2.75) is 32.2 Å². The van der Waals surface area contributed by atoms with E-state index < -0.39 is 0 Å². The van der Waals surface area contributed by atoms with Crippen LogP contribution >= 0.6 is 11.6 Å². The van der Waals surface area contributed by atoms with Gasteiger partial charge in [0, 0.05) is 18.3 Å². The van der Waals surface area contributed by atoms with Gasteiger partial charge in [-0.2, -0.15) is 0 Å². The number of hydrogen-bond acceptors (Lipinski definition) is 2. The van der Waals surface area contributed by atoms with Gasteiger partial charge in [0.05, 0.1) is 6.61 Å². The van der Waals surface area contributed by atoms with Crippen LogP contribution in [0.15, 0.2) is 18.2 Å². The lowest BCUT2D eigenvalue weighted by molar-refractivity contribution is 0.357. The molecule has 1 atom stereocenters. The van der Waals surface area contributed by atoms with E-state index in [-0.39, 0.29) is 0 Å². The van der Waals surface area contributed by atoms with Gasteiger partial charge in [-0.15, -0.1) is 11.6 Å². The molecular weight excluding hydrogens is 234 g/mol. The summed E-state index contributed by atoms with van der Waals surface area (Å²) < 4.78 is 5.50. The van der Waals surface area contributed by atoms with E-state index in [1.165, 1.54) is 11.1 Å². The zero-order valence-electron chi connectivity index (χ0n) is 10.3. The first-order chi connectivity index (χ1) is 8.33. The Morgan fingerprint density at radius 2 is 2.35 bits per heavy atom. The number of ether oxygens (including phenoxy) is 1. The van der Waals surface area contributed by atoms with Crippen molar-refractivity contribution in [3.05, 3.63) is 29.3 Å². The van der Waals surface area contributed by atoms with Crippen LogP contribution in [0, 0.1) is 0 Å². The number of halogens is 1. The van der Waals surface area contributed by atoms with Crippen LogP contribution in [-0.2, 0) is 12.8 Å². The first kappa shape index (κ1) is 12.7. The molecule has 1 aliphatic rings. The quantitative estimate of drug-likeness (QED) is 0.788. The third-order valence-electron chi connectivity index (χ3n) is 3.28. The van der Waals surface area contributed by atoms with Crippen LogP contribution in [0.1, 0.15) is 24.5 Å². The molecule has 1 N–H and O–H groups in total. The van der Waals surface area contributed by atoms with Crippen molar-refractivity contribution in [3.8, 4) is 5.75 Å². The molecule has 0 fully saturated rings. The summed E-state index contributed by atoms with van der Waals surface area (Å²) in [7, 11) is 0. The molecule has 0 radical (unpaired) electrons. The second-order valence-electron chi connectivity index (χ2n) is 4.50. The smallest absolute Gasteiger partial charge is 0.122 e. The summed E-state index contributed by atoms with van der Waals surface area (Å²) in [5.41, 5.74) is 2.73. The fourth-order valence-corrected chi connectivity index (χ4v) is 2.45. The minimum atomic E-state index is 0.439. The van der Waals surface area contributed by atoms with E-state index in [9.17, 15) is 0 Å². The highest BCUT2D eigenvalue weighted by molar-refractivity contribution is 6.18. The molecule has 1 aromatic carbocycles. The van der Waals surface area contributed by atoms with E-state index in [0.29, 0.717) is 11.9 Å². The van der Waals surface area contributed by atoms with Crippen molar-refractivity contribution in [1.82, 2.24) is 5.32 Å². The van der Waals surface area contributed by atoms with Crippen LogP contribution in [0.2, 0.25) is 0 Å². The van der Waals surface area contributed by atoms with E-state index >= 15 is 0 Å². The fourth-order valence-electron chi connectivity index (χ4n) is 2.12. The van der Waals surface area contributed by atoms with Gasteiger partial charge < -0.3 is 10.1 Å². The van der Waals surface area contributed by atoms with Crippen LogP contribution in [-0.4, -0.2) is 25.1 Å². The van der Waals surface area contributed by atoms with E-state index in [1.54, 1.807) is 0 Å². The van der Waals surface area contributed by atoms with Gasteiger partial charge in [0.2, 0.25) is 0 Å². The SMILES string of the molecule is CCC(CCl)NCCc1ccc2c(c1)CCO2. The Hall–Kier alpha value is -0.730. The lowest BCUT2D eigenvalue weighted by Crippen LogP contribution is -2.31. The van der Waals surface area contributed by atoms with Crippen LogP contribution < -0.4 is 10.1 Å². The van der Waals surface area contributed by atoms with Crippen molar-refractivity contribution < 1.29 is 4.74 Å². The number of rotatable bonds is 6. The third-order valence-corrected chi connectivity index (χ3v) is 3.65. The molecule has 0 spiro atoms. The van der Waals surface area contributed by atoms with Crippen molar-refractivity contribution in [2.75, 3.05) is 19.0 Å². The van der Waals surface area contributed by atoms with Crippen molar-refractivity contribution in [1.29, 1.82) is 0 Å². The molecule has 0 amide bonds. The zero-order chi connectivity index (χ0) is 12.1. The lowest BCUT2D eigenvalue weighted by atomic mass is 10.1. The average Bonchev–Trinajstić information content (AvgIpc) is 2.82. The standard InChI is InChI=1S/C14H20ClNO/c1-2-13(10-15)16-7-5-11-3-4-14-12(9-11)6-8-17-14/h3-4,9,13,16H,2,5-8,10H2,1H3. The average molecular weight is 254 g/mol. The van der Waals surface area contributed by atoms with Crippen LogP contribution in [0.25, 0.3) is 0 Å². The molecule has 2 rings (SSSR count). The third kappa shape index (κ3) is 3.36. The molecular formula is C14H20ClNO. The maximum absolute atomic E-state index is 5.85. The molecule has 1 unspecified atom stereocenters. The van der Waals surface area contributed by atoms with Gasteiger partial charge in [-0.3, -0.25) is 0 Å². The Kier molecular flexibility index (Phi) is 4.69. The lowest BCUT2D eigenvalue weighted by Gasteiger charge is -2.13. The molecule has 94 valence electrons. The Labute approximate surface area is 108 Å². The Balaban J connectivity index is 1.83. The molecule has 0 aliphatic carbocycles. The molecule has 0 saturated heterocycles. The summed E-state index contributed by atoms with van der Waals surface area (Å²) in [4.78, 5) is 0. The molecule has 17 heavy (non-hydrogen) atoms. The molecule has 0 bridgehead atoms. The van der Waals surface area contributed by atoms with E-state index in [1.807, 2.05) is 0 Å². The highest BCUT2D eigenvalue weighted by atomic mass is 35.5. The predicted molar refractivity (Wildman–Crippen MR) is 72.1 cm³/mol. The van der Waals surface area contributed by atoms with Gasteiger partial charge in [0.1, 0.15) is 5.75 Å². The largest absolute Gasteiger partial charge is 0.493 e. The maximum atomic E-state index is 5.85. The zero-order valence-corrected chi connectivity index (χ0v) is 11.1. The van der Waals surface area contributed by atoms with Gasteiger partial charge >= 0.3 is 0 Å². The second-order valence-corrected chi connectivity index (χ2v) is 4.81. The first-order valence-electron chi connectivity index (χ1n) is 6.37. The molecule has 1 aliphatic heterocycles. The Morgan fingerprint density at radius 1 is 1.47 bits per heavy atom. The minimum absolute atomic E-state index is 0.439. The van der Waals surface area contributed by atoms with Crippen LogP contribution in [0.5, 0.6) is 5.75 Å². The summed E-state index contributed by atoms with van der Waals surface area (Å²) in [6.45, 7) is 3.98. The van der Waals surface area contributed by atoms with Gasteiger partial charge in [-0.25, -0.2) is 0 Å². The maximum Gasteiger partial charge on any atom is 0.122 e. The van der Waals surface area contributed by atoms with Crippen molar-refractivity contribution in [2.24, 2.45) is 0 Å². The normalized spacial score (nSPS) is 15.4. The summed E-state index contributed by atoms with van der Waals surface area (Å²) in [5, 5.41) is 3.47. The highest BCUT2D eigenvalue weighted by Crippen LogP contribution is 2.25. The molecule has 1 heterocycles. The summed E-state index contributed by atoms with van der Waals surface area (Å²) in [6.07, 6.45) is 3.19. The predicted octanol–water partition coefficient (Wildman–Crippen LogP) is 2.77. The topological polar surface area (TPSA) is 21.3 Å². The number of hydrogen-bond donors (Lipinski definition) is 1. The summed E-state index contributed by atoms with van der Waals surface area (Å²) >= 11 is 5.85. The van der Waals surface area contributed by atoms with Crippen molar-refractivity contribution in [3.63, 3.8) is 0 Å². The van der Waals surface area contributed by atoms with Gasteiger partial charge in [0.15, 0.2) is 0 Å². The number of nitrogens with one attached hydrogen (secondary N) is 1. The van der Waals surface area contributed by atoms with Gasteiger partial charge in [0.25, 0.3) is 0 Å². The fraction of sp³-hybridized carbons (Fsp3) is 0.571. The minimum Gasteiger partial charge on any atom is -0.493 e. The van der Waals surface area contributed by atoms with Crippen LogP contribution in [0.3, 0.4) is 0 Å². The van der Waals surface area contributed by atoms with E-state index in [4.69, 9.17) is 16.3 Å². The Bertz CT molecular complexity index is 363. The van der Waals surface area contributed by atoms with E-state index in [0.717, 1.165) is 38.2 Å². The number of alkyl halides is 1. The van der Waals surface area contributed by atoms with Crippen molar-refractivity contribution >= 4 is 11.6 Å². The summed E-state index contributed by atoms with van der Waals surface area (Å²) in [6, 6.07) is 6.96. The molecule has 3 heteroatoms. The number of fused-ring (bicyclic) bond motifs is 1. The highest BCUT2D eigenvalue weighted by Gasteiger charge is 2.11. The molecule has 1 aromatic rings. The second kappa shape index (κ2) is 6.27. The number of benzene rings is 1. The molecule has 2 nitrogen and oxygen atoms in total. The van der Waals surface area contributed by atoms with Crippen LogP contribution in [0.4, 0.5) is 0 Å². The summed E-state index contributed by atoms with van der Waals surface area (Å²) in [5.74, 6) is 1.75. The van der Waals surface area contributed by atoms with E-state index in [2.05, 4.69) is 30.4 Å². The Morgan fingerprint density at radius 3 is 3.12 bits per heavy atom. The first-order valence-corrected chi connectivity index (χ1v) is 6.91. The molecule has 0 aromatic heterocycles. The molecule has 0 saturated carbocycles. The van der Waals surface area contributed by atoms with Gasteiger partial charge in [-0.1, -0.05) is 19.1 Å². The van der Waals surface area contributed by atoms with Gasteiger partial charge in [-0.05, 0) is 36.6 Å². The monoisotopic (exact) mass is 253 g/mol.